The highest BCUT2D eigenvalue weighted by Crippen LogP contribution is 2.29. The minimum atomic E-state index is -0.973. The maximum absolute atomic E-state index is 11.0. The van der Waals surface area contributed by atoms with Crippen LogP contribution in [0, 0.1) is 0 Å². The molecule has 1 aromatic heterocycles. The smallest absolute Gasteiger partial charge is 0.339 e. The minimum Gasteiger partial charge on any atom is -0.478 e. The molecule has 1 aliphatic carbocycles. The third-order valence-corrected chi connectivity index (χ3v) is 3.41. The molecule has 0 amide bonds. The molecule has 0 spiro atoms. The van der Waals surface area contributed by atoms with Gasteiger partial charge in [-0.2, -0.15) is 0 Å². The molecule has 0 radical (unpaired) electrons. The van der Waals surface area contributed by atoms with Crippen molar-refractivity contribution in [3.63, 3.8) is 0 Å². The standard InChI is InChI=1S/C12H17N3O2/c1-12(4-2-3-5-12)15-7-10-9(11(16)17)6-13-8-14-10/h6,8,15H,2-5,7H2,1H3,(H,16,17). The number of aromatic nitrogens is 2. The lowest BCUT2D eigenvalue weighted by Crippen LogP contribution is -2.39. The van der Waals surface area contributed by atoms with Crippen molar-refractivity contribution in [1.29, 1.82) is 0 Å². The monoisotopic (exact) mass is 235 g/mol. The molecule has 17 heavy (non-hydrogen) atoms. The van der Waals surface area contributed by atoms with Crippen LogP contribution in [0.1, 0.15) is 48.7 Å². The number of hydrogen-bond acceptors (Lipinski definition) is 4. The quantitative estimate of drug-likeness (QED) is 0.829. The number of carboxylic acid groups (broad SMARTS) is 1. The first kappa shape index (κ1) is 12.0. The lowest BCUT2D eigenvalue weighted by atomic mass is 10.0. The predicted octanol–water partition coefficient (Wildman–Crippen LogP) is 1.60. The van der Waals surface area contributed by atoms with Crippen molar-refractivity contribution in [2.24, 2.45) is 0 Å². The van der Waals surface area contributed by atoms with E-state index < -0.39 is 5.97 Å². The number of carboxylic acids is 1. The Bertz CT molecular complexity index is 414. The Balaban J connectivity index is 2.06. The summed E-state index contributed by atoms with van der Waals surface area (Å²) in [7, 11) is 0. The molecule has 1 heterocycles. The van der Waals surface area contributed by atoms with Crippen molar-refractivity contribution >= 4 is 5.97 Å². The number of rotatable bonds is 4. The van der Waals surface area contributed by atoms with Crippen LogP contribution in [0.25, 0.3) is 0 Å². The van der Waals surface area contributed by atoms with Crippen molar-refractivity contribution in [3.8, 4) is 0 Å². The first-order chi connectivity index (χ1) is 8.11. The first-order valence-electron chi connectivity index (χ1n) is 5.88. The molecule has 5 nitrogen and oxygen atoms in total. The fraction of sp³-hybridized carbons (Fsp3) is 0.583. The van der Waals surface area contributed by atoms with Crippen LogP contribution in [-0.4, -0.2) is 26.6 Å². The average molecular weight is 235 g/mol. The number of hydrogen-bond donors (Lipinski definition) is 2. The Kier molecular flexibility index (Phi) is 3.38. The van der Waals surface area contributed by atoms with Gasteiger partial charge in [0.05, 0.1) is 5.69 Å². The van der Waals surface area contributed by atoms with Gasteiger partial charge in [-0.15, -0.1) is 0 Å². The molecule has 1 fully saturated rings. The molecule has 1 aromatic rings. The van der Waals surface area contributed by atoms with Crippen LogP contribution in [0.5, 0.6) is 0 Å². The highest BCUT2D eigenvalue weighted by molar-refractivity contribution is 5.88. The SMILES string of the molecule is CC1(NCc2ncncc2C(=O)O)CCCC1. The van der Waals surface area contributed by atoms with Crippen LogP contribution in [0.2, 0.25) is 0 Å². The Morgan fingerprint density at radius 3 is 2.88 bits per heavy atom. The summed E-state index contributed by atoms with van der Waals surface area (Å²) >= 11 is 0. The Hall–Kier alpha value is -1.49. The molecule has 92 valence electrons. The fourth-order valence-corrected chi connectivity index (χ4v) is 2.30. The molecule has 0 saturated heterocycles. The van der Waals surface area contributed by atoms with Gasteiger partial charge in [-0.05, 0) is 19.8 Å². The highest BCUT2D eigenvalue weighted by Gasteiger charge is 2.28. The number of carbonyl (C=O) groups is 1. The summed E-state index contributed by atoms with van der Waals surface area (Å²) in [4.78, 5) is 18.8. The zero-order valence-corrected chi connectivity index (χ0v) is 9.94. The lowest BCUT2D eigenvalue weighted by Gasteiger charge is -2.25. The summed E-state index contributed by atoms with van der Waals surface area (Å²) in [5, 5.41) is 12.4. The summed E-state index contributed by atoms with van der Waals surface area (Å²) in [6.07, 6.45) is 7.49. The zero-order valence-electron chi connectivity index (χ0n) is 9.94. The summed E-state index contributed by atoms with van der Waals surface area (Å²) in [6, 6.07) is 0. The number of nitrogens with zero attached hydrogens (tertiary/aromatic N) is 2. The number of nitrogens with one attached hydrogen (secondary N) is 1. The van der Waals surface area contributed by atoms with E-state index in [1.807, 2.05) is 0 Å². The van der Waals surface area contributed by atoms with Crippen LogP contribution < -0.4 is 5.32 Å². The molecule has 0 aliphatic heterocycles. The molecule has 0 atom stereocenters. The second kappa shape index (κ2) is 4.79. The van der Waals surface area contributed by atoms with Gasteiger partial charge in [-0.25, -0.2) is 14.8 Å². The molecular formula is C12H17N3O2. The molecule has 1 aliphatic rings. The Labute approximate surface area is 100 Å². The molecular weight excluding hydrogens is 218 g/mol. The molecule has 0 aromatic carbocycles. The van der Waals surface area contributed by atoms with E-state index in [2.05, 4.69) is 22.2 Å². The zero-order chi connectivity index (χ0) is 12.3. The van der Waals surface area contributed by atoms with E-state index in [1.54, 1.807) is 0 Å². The van der Waals surface area contributed by atoms with Gasteiger partial charge in [-0.3, -0.25) is 0 Å². The molecule has 0 bridgehead atoms. The van der Waals surface area contributed by atoms with Gasteiger partial charge in [0, 0.05) is 18.3 Å². The van der Waals surface area contributed by atoms with Crippen molar-refractivity contribution < 1.29 is 9.90 Å². The summed E-state index contributed by atoms with van der Waals surface area (Å²) < 4.78 is 0. The average Bonchev–Trinajstić information content (AvgIpc) is 2.74. The van der Waals surface area contributed by atoms with Crippen molar-refractivity contribution in [3.05, 3.63) is 23.8 Å². The maximum atomic E-state index is 11.0. The molecule has 1 saturated carbocycles. The second-order valence-electron chi connectivity index (χ2n) is 4.81. The van der Waals surface area contributed by atoms with E-state index >= 15 is 0 Å². The largest absolute Gasteiger partial charge is 0.478 e. The topological polar surface area (TPSA) is 75.1 Å². The van der Waals surface area contributed by atoms with Gasteiger partial charge in [0.25, 0.3) is 0 Å². The Morgan fingerprint density at radius 2 is 2.24 bits per heavy atom. The predicted molar refractivity (Wildman–Crippen MR) is 62.7 cm³/mol. The van der Waals surface area contributed by atoms with Gasteiger partial charge >= 0.3 is 5.97 Å². The van der Waals surface area contributed by atoms with Gasteiger partial charge in [0.2, 0.25) is 0 Å². The van der Waals surface area contributed by atoms with Gasteiger partial charge in [-0.1, -0.05) is 12.8 Å². The van der Waals surface area contributed by atoms with E-state index in [1.165, 1.54) is 25.4 Å². The van der Waals surface area contributed by atoms with Crippen molar-refractivity contribution in [1.82, 2.24) is 15.3 Å². The first-order valence-corrected chi connectivity index (χ1v) is 5.88. The third-order valence-electron chi connectivity index (χ3n) is 3.41. The van der Waals surface area contributed by atoms with E-state index in [0.29, 0.717) is 12.2 Å². The second-order valence-corrected chi connectivity index (χ2v) is 4.81. The summed E-state index contributed by atoms with van der Waals surface area (Å²) in [5.41, 5.74) is 0.864. The van der Waals surface area contributed by atoms with Crippen molar-refractivity contribution in [2.75, 3.05) is 0 Å². The third kappa shape index (κ3) is 2.79. The number of aromatic carboxylic acids is 1. The van der Waals surface area contributed by atoms with Gasteiger partial charge in [0.1, 0.15) is 11.9 Å². The minimum absolute atomic E-state index is 0.126. The van der Waals surface area contributed by atoms with Crippen LogP contribution >= 0.6 is 0 Å². The molecule has 2 rings (SSSR count). The lowest BCUT2D eigenvalue weighted by molar-refractivity contribution is 0.0694. The van der Waals surface area contributed by atoms with E-state index in [9.17, 15) is 4.79 Å². The Morgan fingerprint density at radius 1 is 1.53 bits per heavy atom. The van der Waals surface area contributed by atoms with E-state index in [0.717, 1.165) is 12.8 Å². The van der Waals surface area contributed by atoms with Crippen LogP contribution in [0.4, 0.5) is 0 Å². The maximum Gasteiger partial charge on any atom is 0.339 e. The molecule has 5 heteroatoms. The van der Waals surface area contributed by atoms with E-state index in [-0.39, 0.29) is 11.1 Å². The highest BCUT2D eigenvalue weighted by atomic mass is 16.4. The van der Waals surface area contributed by atoms with Gasteiger partial charge in [0.15, 0.2) is 0 Å². The van der Waals surface area contributed by atoms with Crippen molar-refractivity contribution in [2.45, 2.75) is 44.7 Å². The summed E-state index contributed by atoms with van der Waals surface area (Å²) in [6.45, 7) is 2.67. The van der Waals surface area contributed by atoms with E-state index in [4.69, 9.17) is 5.11 Å². The molecule has 0 unspecified atom stereocenters. The van der Waals surface area contributed by atoms with Crippen LogP contribution in [-0.2, 0) is 6.54 Å². The normalized spacial score (nSPS) is 18.2. The van der Waals surface area contributed by atoms with Crippen LogP contribution in [0.3, 0.4) is 0 Å². The fourth-order valence-electron chi connectivity index (χ4n) is 2.30. The van der Waals surface area contributed by atoms with Crippen LogP contribution in [0.15, 0.2) is 12.5 Å². The van der Waals surface area contributed by atoms with Gasteiger partial charge < -0.3 is 10.4 Å². The summed E-state index contributed by atoms with van der Waals surface area (Å²) in [5.74, 6) is -0.973. The molecule has 2 N–H and O–H groups in total.